The number of pyridine rings is 1. The molecule has 3 saturated carbocycles. The first-order valence-electron chi connectivity index (χ1n) is 13.1. The summed E-state index contributed by atoms with van der Waals surface area (Å²) in [5.74, 6) is 1.36. The smallest absolute Gasteiger partial charge is 0.119 e. The molecule has 3 fully saturated rings. The third-order valence-corrected chi connectivity index (χ3v) is 8.97. The van der Waals surface area contributed by atoms with Crippen molar-refractivity contribution in [2.45, 2.75) is 49.6 Å². The van der Waals surface area contributed by atoms with Gasteiger partial charge in [0.2, 0.25) is 0 Å². The van der Waals surface area contributed by atoms with Gasteiger partial charge in [-0.1, -0.05) is 47.8 Å². The van der Waals surface area contributed by atoms with E-state index >= 15 is 0 Å². The second-order valence-electron chi connectivity index (χ2n) is 10.8. The molecule has 4 aliphatic rings. The zero-order chi connectivity index (χ0) is 26.0. The zero-order valence-corrected chi connectivity index (χ0v) is 22.2. The number of fused-ring (bicyclic) bond motifs is 2. The second kappa shape index (κ2) is 8.98. The summed E-state index contributed by atoms with van der Waals surface area (Å²) in [6.07, 6.45) is 9.61. The highest BCUT2D eigenvalue weighted by atomic mass is 35.5. The summed E-state index contributed by atoms with van der Waals surface area (Å²) in [7, 11) is 7.16. The number of aromatic nitrogens is 1. The Bertz CT molecular complexity index is 1510. The van der Waals surface area contributed by atoms with Gasteiger partial charge in [-0.15, -0.1) is 5.53 Å². The minimum Gasteiger partial charge on any atom is -0.380 e. The van der Waals surface area contributed by atoms with E-state index in [0.29, 0.717) is 56.3 Å². The van der Waals surface area contributed by atoms with Crippen LogP contribution in [-0.4, -0.2) is 29.9 Å². The maximum Gasteiger partial charge on any atom is 0.119 e. The van der Waals surface area contributed by atoms with Crippen molar-refractivity contribution in [3.05, 3.63) is 75.7 Å². The van der Waals surface area contributed by atoms with E-state index in [-0.39, 0.29) is 0 Å². The predicted molar refractivity (Wildman–Crippen MR) is 151 cm³/mol. The molecule has 2 aromatic carbocycles. The standard InChI is InChI=1S/C28H26BCl2N7/c29-28(21-6-1-2-7-22(21)30,24-14-38(37-36-24)17-8-9-17)35-16-10-20-25(34-26-18-4-3-5-19(18)26)15(12-32)13-33-27(20)23(31)11-16/h1-2,6-7,10-11,13-14,17-19,26,35-37H,3-5,8-9H2,(H,33,34)/t18-,19+,26?,28?. The van der Waals surface area contributed by atoms with Crippen LogP contribution in [0.4, 0.5) is 11.4 Å². The Balaban J connectivity index is 1.31. The lowest BCUT2D eigenvalue weighted by Gasteiger charge is -2.35. The van der Waals surface area contributed by atoms with E-state index in [1.807, 2.05) is 47.6 Å². The van der Waals surface area contributed by atoms with Gasteiger partial charge in [0.15, 0.2) is 0 Å². The highest BCUT2D eigenvalue weighted by molar-refractivity contribution is 6.36. The second-order valence-corrected chi connectivity index (χ2v) is 11.6. The van der Waals surface area contributed by atoms with Crippen molar-refractivity contribution in [2.75, 3.05) is 10.6 Å². The van der Waals surface area contributed by atoms with Gasteiger partial charge in [-0.05, 0) is 61.3 Å². The van der Waals surface area contributed by atoms with Crippen LogP contribution >= 0.6 is 23.2 Å². The molecule has 2 heterocycles. The van der Waals surface area contributed by atoms with E-state index in [2.05, 4.69) is 32.6 Å². The molecule has 2 radical (unpaired) electrons. The van der Waals surface area contributed by atoms with Crippen LogP contribution in [0.25, 0.3) is 10.9 Å². The van der Waals surface area contributed by atoms with Crippen molar-refractivity contribution in [1.29, 1.82) is 5.26 Å². The summed E-state index contributed by atoms with van der Waals surface area (Å²) in [6.45, 7) is 0. The maximum atomic E-state index is 9.90. The van der Waals surface area contributed by atoms with Gasteiger partial charge in [0.05, 0.1) is 32.9 Å². The first-order valence-corrected chi connectivity index (χ1v) is 13.8. The first kappa shape index (κ1) is 24.0. The molecule has 1 aliphatic heterocycles. The molecule has 4 N–H and O–H groups in total. The number of nitriles is 1. The monoisotopic (exact) mass is 541 g/mol. The van der Waals surface area contributed by atoms with Gasteiger partial charge < -0.3 is 16.1 Å². The molecular formula is C28H26BCl2N7. The lowest BCUT2D eigenvalue weighted by atomic mass is 9.69. The molecule has 190 valence electrons. The number of rotatable bonds is 7. The first-order chi connectivity index (χ1) is 18.5. The summed E-state index contributed by atoms with van der Waals surface area (Å²) < 4.78 is 0. The number of hydrogen-bond donors (Lipinski definition) is 4. The lowest BCUT2D eigenvalue weighted by Crippen LogP contribution is -2.45. The van der Waals surface area contributed by atoms with Crippen molar-refractivity contribution in [3.8, 4) is 6.07 Å². The van der Waals surface area contributed by atoms with Crippen molar-refractivity contribution < 1.29 is 0 Å². The molecule has 3 aromatic rings. The Hall–Kier alpha value is -3.12. The zero-order valence-electron chi connectivity index (χ0n) is 20.6. The fourth-order valence-electron chi connectivity index (χ4n) is 6.14. The van der Waals surface area contributed by atoms with Gasteiger partial charge in [0.1, 0.15) is 13.9 Å². The van der Waals surface area contributed by atoms with Crippen LogP contribution in [0.1, 0.15) is 43.2 Å². The fourth-order valence-corrected chi connectivity index (χ4v) is 6.69. The van der Waals surface area contributed by atoms with E-state index in [4.69, 9.17) is 31.0 Å². The number of benzene rings is 2. The third-order valence-electron chi connectivity index (χ3n) is 8.36. The molecule has 7 rings (SSSR count). The average molecular weight is 542 g/mol. The Morgan fingerprint density at radius 2 is 1.89 bits per heavy atom. The number of nitrogens with one attached hydrogen (secondary N) is 4. The molecule has 1 aromatic heterocycles. The van der Waals surface area contributed by atoms with Crippen LogP contribution in [0.15, 0.2) is 54.5 Å². The van der Waals surface area contributed by atoms with Gasteiger partial charge in [-0.25, -0.2) is 0 Å². The topological polar surface area (TPSA) is 88.0 Å². The minimum atomic E-state index is -1.20. The molecule has 0 saturated heterocycles. The minimum absolute atomic E-state index is 0.390. The fraction of sp³-hybridized carbons (Fsp3) is 0.357. The quantitative estimate of drug-likeness (QED) is 0.298. The van der Waals surface area contributed by atoms with Gasteiger partial charge in [-0.3, -0.25) is 9.99 Å². The van der Waals surface area contributed by atoms with E-state index < -0.39 is 5.44 Å². The molecule has 7 nitrogen and oxygen atoms in total. The number of hydrazine groups is 2. The number of hydrogen-bond acceptors (Lipinski definition) is 7. The van der Waals surface area contributed by atoms with Crippen LogP contribution in [0.5, 0.6) is 0 Å². The molecule has 2 unspecified atom stereocenters. The van der Waals surface area contributed by atoms with Gasteiger partial charge in [0, 0.05) is 40.6 Å². The molecule has 0 spiro atoms. The van der Waals surface area contributed by atoms with Crippen LogP contribution in [0.2, 0.25) is 10.0 Å². The Labute approximate surface area is 232 Å². The highest BCUT2D eigenvalue weighted by Crippen LogP contribution is 2.54. The maximum absolute atomic E-state index is 9.90. The predicted octanol–water partition coefficient (Wildman–Crippen LogP) is 5.39. The Morgan fingerprint density at radius 1 is 1.11 bits per heavy atom. The van der Waals surface area contributed by atoms with E-state index in [1.165, 1.54) is 19.3 Å². The molecule has 4 atom stereocenters. The number of nitrogens with zero attached hydrogens (tertiary/aromatic N) is 3. The van der Waals surface area contributed by atoms with Crippen molar-refractivity contribution in [1.82, 2.24) is 21.0 Å². The van der Waals surface area contributed by atoms with Crippen LogP contribution in [0.3, 0.4) is 0 Å². The normalized spacial score (nSPS) is 25.2. The summed E-state index contributed by atoms with van der Waals surface area (Å²) in [6, 6.07) is 14.5. The van der Waals surface area contributed by atoms with Crippen LogP contribution < -0.4 is 21.6 Å². The summed E-state index contributed by atoms with van der Waals surface area (Å²) in [5.41, 5.74) is 9.30. The van der Waals surface area contributed by atoms with Crippen molar-refractivity contribution >= 4 is 53.3 Å². The SMILES string of the molecule is [B]C(Nc1cc(Cl)c2ncc(C#N)c(NC3[C@H]4CCC[C@@H]34)c2c1)(C1=CN(C2CC2)NN1)c1ccccc1Cl. The van der Waals surface area contributed by atoms with E-state index in [0.717, 1.165) is 29.6 Å². The molecule has 38 heavy (non-hydrogen) atoms. The largest absolute Gasteiger partial charge is 0.380 e. The summed E-state index contributed by atoms with van der Waals surface area (Å²) >= 11 is 13.5. The number of anilines is 2. The van der Waals surface area contributed by atoms with Crippen LogP contribution in [-0.2, 0) is 5.44 Å². The average Bonchev–Trinajstić information content (AvgIpc) is 3.73. The highest BCUT2D eigenvalue weighted by Gasteiger charge is 2.52. The van der Waals surface area contributed by atoms with Gasteiger partial charge in [-0.2, -0.15) is 5.26 Å². The van der Waals surface area contributed by atoms with E-state index in [1.54, 1.807) is 6.20 Å². The van der Waals surface area contributed by atoms with Crippen LogP contribution in [0, 0.1) is 23.2 Å². The Kier molecular flexibility index (Phi) is 5.66. The third kappa shape index (κ3) is 3.96. The van der Waals surface area contributed by atoms with Gasteiger partial charge >= 0.3 is 0 Å². The van der Waals surface area contributed by atoms with Crippen molar-refractivity contribution in [3.63, 3.8) is 0 Å². The molecule has 0 bridgehead atoms. The van der Waals surface area contributed by atoms with E-state index in [9.17, 15) is 5.26 Å². The summed E-state index contributed by atoms with van der Waals surface area (Å²) in [4.78, 5) is 4.52. The molecular weight excluding hydrogens is 516 g/mol. The Morgan fingerprint density at radius 3 is 2.63 bits per heavy atom. The van der Waals surface area contributed by atoms with Crippen molar-refractivity contribution in [2.24, 2.45) is 11.8 Å². The van der Waals surface area contributed by atoms with Gasteiger partial charge in [0.25, 0.3) is 0 Å². The summed E-state index contributed by atoms with van der Waals surface area (Å²) in [5, 5.41) is 20.9. The molecule has 3 aliphatic carbocycles. The molecule has 10 heteroatoms. The number of halogens is 2. The lowest BCUT2D eigenvalue weighted by molar-refractivity contribution is 0.260. The molecule has 0 amide bonds.